The third-order valence-electron chi connectivity index (χ3n) is 6.84. The molecule has 1 aliphatic rings. The van der Waals surface area contributed by atoms with Crippen LogP contribution in [0.3, 0.4) is 0 Å². The molecule has 1 atom stereocenters. The number of amides is 1. The lowest BCUT2D eigenvalue weighted by molar-refractivity contribution is -0.140. The molecule has 1 heterocycles. The Morgan fingerprint density at radius 3 is 2.11 bits per heavy atom. The minimum atomic E-state index is -0.722. The summed E-state index contributed by atoms with van der Waals surface area (Å²) in [4.78, 5) is 30.6. The number of carbonyl (C=O) groups is 2. The van der Waals surface area contributed by atoms with Crippen LogP contribution in [-0.2, 0) is 9.59 Å². The molecule has 37 heavy (non-hydrogen) atoms. The number of aliphatic hydroxyl groups excluding tert-OH is 1. The molecule has 2 aromatic rings. The Morgan fingerprint density at radius 2 is 1.51 bits per heavy atom. The van der Waals surface area contributed by atoms with Crippen molar-refractivity contribution in [1.29, 1.82) is 0 Å². The van der Waals surface area contributed by atoms with E-state index in [1.54, 1.807) is 55.5 Å². The number of carbonyl (C=O) groups excluding carboxylic acids is 2. The number of methoxy groups -OCH3 is 2. The van der Waals surface area contributed by atoms with Crippen LogP contribution in [0.1, 0.15) is 63.1 Å². The predicted octanol–water partition coefficient (Wildman–Crippen LogP) is 5.42. The molecule has 1 aliphatic heterocycles. The van der Waals surface area contributed by atoms with E-state index in [4.69, 9.17) is 9.47 Å². The first-order valence-electron chi connectivity index (χ1n) is 13.2. The molecule has 0 saturated carbocycles. The van der Waals surface area contributed by atoms with Gasteiger partial charge in [0.1, 0.15) is 5.76 Å². The maximum atomic E-state index is 13.3. The fourth-order valence-electron chi connectivity index (χ4n) is 4.80. The number of benzene rings is 2. The number of unbranched alkanes of at least 4 members (excludes halogenated alkanes) is 2. The van der Waals surface area contributed by atoms with Crippen LogP contribution in [-0.4, -0.2) is 67.0 Å². The number of hydrogen-bond donors (Lipinski definition) is 1. The summed E-state index contributed by atoms with van der Waals surface area (Å²) in [5, 5.41) is 11.2. The molecule has 0 aliphatic carbocycles. The number of hydrogen-bond acceptors (Lipinski definition) is 6. The third kappa shape index (κ3) is 6.72. The summed E-state index contributed by atoms with van der Waals surface area (Å²) in [5.41, 5.74) is 1.27. The van der Waals surface area contributed by atoms with Crippen molar-refractivity contribution >= 4 is 17.4 Å². The molecule has 1 unspecified atom stereocenters. The van der Waals surface area contributed by atoms with E-state index in [1.807, 2.05) is 12.1 Å². The van der Waals surface area contributed by atoms with E-state index in [9.17, 15) is 14.7 Å². The van der Waals surface area contributed by atoms with Crippen molar-refractivity contribution in [2.45, 2.75) is 52.0 Å². The van der Waals surface area contributed by atoms with Crippen molar-refractivity contribution < 1.29 is 24.2 Å². The first-order chi connectivity index (χ1) is 18.0. The molecular weight excluding hydrogens is 468 g/mol. The van der Waals surface area contributed by atoms with Gasteiger partial charge in [0.2, 0.25) is 0 Å². The number of aliphatic hydroxyl groups is 1. The minimum Gasteiger partial charge on any atom is -0.507 e. The normalized spacial score (nSPS) is 17.0. The van der Waals surface area contributed by atoms with E-state index < -0.39 is 17.7 Å². The minimum absolute atomic E-state index is 0.0947. The van der Waals surface area contributed by atoms with Crippen LogP contribution in [0.5, 0.6) is 11.5 Å². The maximum absolute atomic E-state index is 13.3. The van der Waals surface area contributed by atoms with E-state index in [0.717, 1.165) is 51.7 Å². The van der Waals surface area contributed by atoms with Crippen LogP contribution < -0.4 is 9.47 Å². The fourth-order valence-corrected chi connectivity index (χ4v) is 4.80. The van der Waals surface area contributed by atoms with Gasteiger partial charge in [-0.05, 0) is 56.6 Å². The lowest BCUT2D eigenvalue weighted by atomic mass is 9.95. The second-order valence-corrected chi connectivity index (χ2v) is 9.38. The monoisotopic (exact) mass is 508 g/mol. The van der Waals surface area contributed by atoms with Gasteiger partial charge in [-0.1, -0.05) is 63.1 Å². The highest BCUT2D eigenvalue weighted by Gasteiger charge is 2.46. The lowest BCUT2D eigenvalue weighted by Crippen LogP contribution is -2.34. The highest BCUT2D eigenvalue weighted by atomic mass is 16.5. The topological polar surface area (TPSA) is 79.3 Å². The number of likely N-dealkylation sites (tertiary alicyclic amines) is 1. The van der Waals surface area contributed by atoms with Crippen molar-refractivity contribution in [2.75, 3.05) is 40.4 Å². The maximum Gasteiger partial charge on any atom is 0.295 e. The SMILES string of the molecule is CCCCN(CCCC)CCCN1C(=O)C(=O)C(=C(O)c2ccccc2)C1c1ccc(OC)c(OC)c1. The molecule has 2 aromatic carbocycles. The summed E-state index contributed by atoms with van der Waals surface area (Å²) < 4.78 is 10.9. The van der Waals surface area contributed by atoms with Crippen molar-refractivity contribution in [1.82, 2.24) is 9.80 Å². The molecule has 7 heteroatoms. The molecule has 1 fully saturated rings. The second-order valence-electron chi connectivity index (χ2n) is 9.38. The smallest absolute Gasteiger partial charge is 0.295 e. The molecule has 3 rings (SSSR count). The molecule has 0 spiro atoms. The summed E-state index contributed by atoms with van der Waals surface area (Å²) in [6, 6.07) is 13.5. The van der Waals surface area contributed by atoms with E-state index in [-0.39, 0.29) is 11.3 Å². The fraction of sp³-hybridized carbons (Fsp3) is 0.467. The molecule has 7 nitrogen and oxygen atoms in total. The van der Waals surface area contributed by atoms with E-state index in [1.165, 1.54) is 0 Å². The average molecular weight is 509 g/mol. The molecule has 0 radical (unpaired) electrons. The van der Waals surface area contributed by atoms with E-state index in [2.05, 4.69) is 18.7 Å². The largest absolute Gasteiger partial charge is 0.507 e. The van der Waals surface area contributed by atoms with Gasteiger partial charge in [0.05, 0.1) is 25.8 Å². The summed E-state index contributed by atoms with van der Waals surface area (Å²) in [6.07, 6.45) is 5.27. The van der Waals surface area contributed by atoms with Crippen LogP contribution in [0, 0.1) is 0 Å². The molecule has 1 amide bonds. The molecule has 0 bridgehead atoms. The lowest BCUT2D eigenvalue weighted by Gasteiger charge is -2.28. The van der Waals surface area contributed by atoms with Crippen molar-refractivity contribution in [3.05, 3.63) is 65.2 Å². The highest BCUT2D eigenvalue weighted by molar-refractivity contribution is 6.46. The molecular formula is C30H40N2O5. The van der Waals surface area contributed by atoms with Crippen LogP contribution in [0.25, 0.3) is 5.76 Å². The number of nitrogens with zero attached hydrogens (tertiary/aromatic N) is 2. The van der Waals surface area contributed by atoms with Gasteiger partial charge < -0.3 is 24.4 Å². The standard InChI is InChI=1S/C30H40N2O5/c1-5-7-17-31(18-8-6-2)19-12-20-32-27(23-15-16-24(36-3)25(21-23)37-4)26(29(34)30(32)35)28(33)22-13-10-9-11-14-22/h9-11,13-16,21,27,33H,5-8,12,17-20H2,1-4H3. The average Bonchev–Trinajstić information content (AvgIpc) is 3.18. The molecule has 200 valence electrons. The van der Waals surface area contributed by atoms with Crippen LogP contribution in [0.2, 0.25) is 0 Å². The van der Waals surface area contributed by atoms with Crippen molar-refractivity contribution in [3.63, 3.8) is 0 Å². The zero-order valence-corrected chi connectivity index (χ0v) is 22.5. The van der Waals surface area contributed by atoms with Gasteiger partial charge in [-0.15, -0.1) is 0 Å². The van der Waals surface area contributed by atoms with Crippen LogP contribution >= 0.6 is 0 Å². The summed E-state index contributed by atoms with van der Waals surface area (Å²) in [6.45, 7) is 7.69. The Kier molecular flexibility index (Phi) is 10.6. The Balaban J connectivity index is 1.96. The summed E-state index contributed by atoms with van der Waals surface area (Å²) in [7, 11) is 3.10. The van der Waals surface area contributed by atoms with Crippen molar-refractivity contribution in [3.8, 4) is 11.5 Å². The number of rotatable bonds is 14. The highest BCUT2D eigenvalue weighted by Crippen LogP contribution is 2.42. The third-order valence-corrected chi connectivity index (χ3v) is 6.84. The van der Waals surface area contributed by atoms with Gasteiger partial charge in [-0.3, -0.25) is 9.59 Å². The first kappa shape index (κ1) is 28.3. The zero-order valence-electron chi connectivity index (χ0n) is 22.5. The molecule has 1 N–H and O–H groups in total. The molecule has 0 aromatic heterocycles. The quantitative estimate of drug-likeness (QED) is 0.209. The Bertz CT molecular complexity index is 1070. The van der Waals surface area contributed by atoms with E-state index >= 15 is 0 Å². The Morgan fingerprint density at radius 1 is 0.892 bits per heavy atom. The van der Waals surface area contributed by atoms with Gasteiger partial charge >= 0.3 is 0 Å². The van der Waals surface area contributed by atoms with Gasteiger partial charge in [-0.2, -0.15) is 0 Å². The summed E-state index contributed by atoms with van der Waals surface area (Å²) >= 11 is 0. The second kappa shape index (κ2) is 13.8. The predicted molar refractivity (Wildman–Crippen MR) is 146 cm³/mol. The van der Waals surface area contributed by atoms with Gasteiger partial charge in [-0.25, -0.2) is 0 Å². The Hall–Kier alpha value is -3.32. The van der Waals surface area contributed by atoms with Crippen LogP contribution in [0.4, 0.5) is 0 Å². The number of Topliss-reactive ketones (excluding diaryl/α,β-unsaturated/α-hetero) is 1. The van der Waals surface area contributed by atoms with Crippen molar-refractivity contribution in [2.24, 2.45) is 0 Å². The number of ether oxygens (including phenoxy) is 2. The van der Waals surface area contributed by atoms with Gasteiger partial charge in [0.25, 0.3) is 11.7 Å². The Labute approximate surface area is 220 Å². The summed E-state index contributed by atoms with van der Waals surface area (Å²) in [5.74, 6) is -0.390. The van der Waals surface area contributed by atoms with Gasteiger partial charge in [0.15, 0.2) is 11.5 Å². The van der Waals surface area contributed by atoms with E-state index in [0.29, 0.717) is 29.2 Å². The van der Waals surface area contributed by atoms with Crippen LogP contribution in [0.15, 0.2) is 54.1 Å². The van der Waals surface area contributed by atoms with Gasteiger partial charge in [0, 0.05) is 12.1 Å². The zero-order chi connectivity index (χ0) is 26.8. The number of ketones is 1. The first-order valence-corrected chi connectivity index (χ1v) is 13.2. The molecule has 1 saturated heterocycles.